The van der Waals surface area contributed by atoms with Gasteiger partial charge in [-0.05, 0) is 53.5 Å². The summed E-state index contributed by atoms with van der Waals surface area (Å²) in [6, 6.07) is 15.5. The smallest absolute Gasteiger partial charge is 0.0289 e. The van der Waals surface area contributed by atoms with Crippen molar-refractivity contribution in [2.24, 2.45) is 0 Å². The second-order valence-corrected chi connectivity index (χ2v) is 5.50. The molecular formula is C17H17Br. The van der Waals surface area contributed by atoms with Crippen LogP contribution in [0.15, 0.2) is 42.5 Å². The molecule has 0 atom stereocenters. The van der Waals surface area contributed by atoms with Gasteiger partial charge >= 0.3 is 0 Å². The quantitative estimate of drug-likeness (QED) is 0.675. The van der Waals surface area contributed by atoms with Crippen molar-refractivity contribution in [3.05, 3.63) is 59.2 Å². The summed E-state index contributed by atoms with van der Waals surface area (Å²) in [4.78, 5) is 0. The minimum atomic E-state index is 0.923. The highest BCUT2D eigenvalue weighted by Gasteiger charge is 2.15. The number of rotatable bonds is 2. The molecule has 2 aromatic carbocycles. The van der Waals surface area contributed by atoms with Crippen LogP contribution in [0.25, 0.3) is 11.1 Å². The Labute approximate surface area is 117 Å². The first-order valence-corrected chi connectivity index (χ1v) is 7.77. The van der Waals surface area contributed by atoms with Crippen LogP contribution in [-0.4, -0.2) is 0 Å². The molecule has 0 heterocycles. The van der Waals surface area contributed by atoms with E-state index in [9.17, 15) is 0 Å². The normalized spacial score (nSPS) is 14.3. The van der Waals surface area contributed by atoms with E-state index in [0.717, 1.165) is 5.33 Å². The van der Waals surface area contributed by atoms with Crippen molar-refractivity contribution in [2.45, 2.75) is 31.0 Å². The lowest BCUT2D eigenvalue weighted by atomic mass is 9.85. The maximum atomic E-state index is 3.60. The predicted octanol–water partition coefficient (Wildman–Crippen LogP) is 5.13. The topological polar surface area (TPSA) is 0 Å². The minimum Gasteiger partial charge on any atom is -0.0876 e. The zero-order chi connectivity index (χ0) is 12.4. The number of halogens is 1. The fourth-order valence-corrected chi connectivity index (χ4v) is 3.42. The monoisotopic (exact) mass is 300 g/mol. The maximum absolute atomic E-state index is 3.60. The summed E-state index contributed by atoms with van der Waals surface area (Å²) in [6.45, 7) is 0. The Morgan fingerprint density at radius 3 is 2.50 bits per heavy atom. The van der Waals surface area contributed by atoms with Crippen molar-refractivity contribution in [1.29, 1.82) is 0 Å². The van der Waals surface area contributed by atoms with Crippen LogP contribution in [0.1, 0.15) is 29.5 Å². The van der Waals surface area contributed by atoms with Gasteiger partial charge in [0, 0.05) is 5.33 Å². The molecule has 0 saturated carbocycles. The van der Waals surface area contributed by atoms with E-state index in [4.69, 9.17) is 0 Å². The Balaban J connectivity index is 2.17. The maximum Gasteiger partial charge on any atom is 0.0289 e. The van der Waals surface area contributed by atoms with Crippen LogP contribution < -0.4 is 0 Å². The molecule has 0 amide bonds. The third-order valence-electron chi connectivity index (χ3n) is 3.85. The molecule has 0 N–H and O–H groups in total. The van der Waals surface area contributed by atoms with Crippen molar-refractivity contribution in [2.75, 3.05) is 0 Å². The van der Waals surface area contributed by atoms with Crippen molar-refractivity contribution in [3.8, 4) is 11.1 Å². The molecule has 0 fully saturated rings. The number of benzene rings is 2. The Morgan fingerprint density at radius 2 is 1.61 bits per heavy atom. The van der Waals surface area contributed by atoms with Crippen LogP contribution in [0.4, 0.5) is 0 Å². The van der Waals surface area contributed by atoms with Gasteiger partial charge in [-0.3, -0.25) is 0 Å². The predicted molar refractivity (Wildman–Crippen MR) is 81.2 cm³/mol. The lowest BCUT2D eigenvalue weighted by Gasteiger charge is -2.20. The van der Waals surface area contributed by atoms with E-state index < -0.39 is 0 Å². The summed E-state index contributed by atoms with van der Waals surface area (Å²) in [7, 11) is 0. The zero-order valence-corrected chi connectivity index (χ0v) is 12.0. The molecule has 0 spiro atoms. The lowest BCUT2D eigenvalue weighted by Crippen LogP contribution is -2.04. The highest BCUT2D eigenvalue weighted by molar-refractivity contribution is 9.08. The Bertz CT molecular complexity index is 557. The van der Waals surface area contributed by atoms with E-state index >= 15 is 0 Å². The van der Waals surface area contributed by atoms with Crippen LogP contribution in [0.3, 0.4) is 0 Å². The summed E-state index contributed by atoms with van der Waals surface area (Å²) >= 11 is 3.60. The summed E-state index contributed by atoms with van der Waals surface area (Å²) in [5, 5.41) is 0.923. The van der Waals surface area contributed by atoms with Crippen LogP contribution in [0.2, 0.25) is 0 Å². The molecule has 0 nitrogen and oxygen atoms in total. The number of hydrogen-bond acceptors (Lipinski definition) is 0. The van der Waals surface area contributed by atoms with Gasteiger partial charge in [-0.2, -0.15) is 0 Å². The van der Waals surface area contributed by atoms with Gasteiger partial charge < -0.3 is 0 Å². The zero-order valence-electron chi connectivity index (χ0n) is 10.5. The minimum absolute atomic E-state index is 0.923. The molecule has 0 aliphatic heterocycles. The molecule has 3 rings (SSSR count). The van der Waals surface area contributed by atoms with E-state index in [1.165, 1.54) is 42.4 Å². The van der Waals surface area contributed by atoms with E-state index in [2.05, 4.69) is 58.4 Å². The molecule has 0 unspecified atom stereocenters. The molecule has 1 heteroatoms. The molecule has 0 radical (unpaired) electrons. The fourth-order valence-electron chi connectivity index (χ4n) is 2.93. The second-order valence-electron chi connectivity index (χ2n) is 4.94. The number of alkyl halides is 1. The first-order valence-electron chi connectivity index (χ1n) is 6.65. The second kappa shape index (κ2) is 5.27. The first-order chi connectivity index (χ1) is 8.90. The van der Waals surface area contributed by atoms with Crippen molar-refractivity contribution in [1.82, 2.24) is 0 Å². The Kier molecular flexibility index (Phi) is 3.51. The van der Waals surface area contributed by atoms with Gasteiger partial charge in [-0.25, -0.2) is 0 Å². The summed E-state index contributed by atoms with van der Waals surface area (Å²) in [6.07, 6.45) is 5.17. The summed E-state index contributed by atoms with van der Waals surface area (Å²) in [5.74, 6) is 0. The van der Waals surface area contributed by atoms with Gasteiger partial charge in [0.1, 0.15) is 0 Å². The summed E-state index contributed by atoms with van der Waals surface area (Å²) in [5.41, 5.74) is 7.37. The van der Waals surface area contributed by atoms with Crippen molar-refractivity contribution >= 4 is 15.9 Å². The molecule has 1 aliphatic rings. The number of hydrogen-bond donors (Lipinski definition) is 0. The average Bonchev–Trinajstić information content (AvgIpc) is 2.46. The van der Waals surface area contributed by atoms with Crippen LogP contribution in [0, 0.1) is 0 Å². The van der Waals surface area contributed by atoms with Crippen LogP contribution >= 0.6 is 15.9 Å². The molecule has 2 aromatic rings. The Morgan fingerprint density at radius 1 is 0.833 bits per heavy atom. The van der Waals surface area contributed by atoms with Gasteiger partial charge in [0.15, 0.2) is 0 Å². The average molecular weight is 301 g/mol. The molecule has 0 bridgehead atoms. The lowest BCUT2D eigenvalue weighted by molar-refractivity contribution is 0.687. The molecule has 92 valence electrons. The van der Waals surface area contributed by atoms with E-state index in [1.54, 1.807) is 11.1 Å². The molecule has 18 heavy (non-hydrogen) atoms. The Hall–Kier alpha value is -1.08. The van der Waals surface area contributed by atoms with E-state index in [1.807, 2.05) is 0 Å². The number of aryl methyl sites for hydroxylation is 1. The fraction of sp³-hybridized carbons (Fsp3) is 0.294. The highest BCUT2D eigenvalue weighted by Crippen LogP contribution is 2.33. The molecular weight excluding hydrogens is 284 g/mol. The van der Waals surface area contributed by atoms with E-state index in [0.29, 0.717) is 0 Å². The molecule has 0 saturated heterocycles. The van der Waals surface area contributed by atoms with Gasteiger partial charge in [-0.1, -0.05) is 58.4 Å². The van der Waals surface area contributed by atoms with Gasteiger partial charge in [0.25, 0.3) is 0 Å². The van der Waals surface area contributed by atoms with Gasteiger partial charge in [-0.15, -0.1) is 0 Å². The standard InChI is InChI=1S/C17H17Br/c18-12-14-7-2-4-10-16(14)17-11-5-8-13-6-1-3-9-15(13)17/h2,4-5,7-8,10-11H,1,3,6,9,12H2. The first kappa shape index (κ1) is 12.0. The SMILES string of the molecule is BrCc1ccccc1-c1cccc2c1CCCC2. The third-order valence-corrected chi connectivity index (χ3v) is 4.45. The van der Waals surface area contributed by atoms with Gasteiger partial charge in [0.2, 0.25) is 0 Å². The van der Waals surface area contributed by atoms with E-state index in [-0.39, 0.29) is 0 Å². The largest absolute Gasteiger partial charge is 0.0876 e. The molecule has 1 aliphatic carbocycles. The van der Waals surface area contributed by atoms with Crippen molar-refractivity contribution in [3.63, 3.8) is 0 Å². The summed E-state index contributed by atoms with van der Waals surface area (Å²) < 4.78 is 0. The molecule has 0 aromatic heterocycles. The van der Waals surface area contributed by atoms with Crippen molar-refractivity contribution < 1.29 is 0 Å². The number of fused-ring (bicyclic) bond motifs is 1. The van der Waals surface area contributed by atoms with Gasteiger partial charge in [0.05, 0.1) is 0 Å². The van der Waals surface area contributed by atoms with Crippen LogP contribution in [-0.2, 0) is 18.2 Å². The van der Waals surface area contributed by atoms with Crippen LogP contribution in [0.5, 0.6) is 0 Å². The highest BCUT2D eigenvalue weighted by atomic mass is 79.9. The third kappa shape index (κ3) is 2.12.